The number of benzene rings is 2. The lowest BCUT2D eigenvalue weighted by Gasteiger charge is -2.12. The van der Waals surface area contributed by atoms with E-state index < -0.39 is 11.2 Å². The number of nitrogens with zero attached hydrogens (tertiary/aromatic N) is 1. The molecule has 0 aliphatic rings. The molecule has 4 aromatic rings. The number of anilines is 1. The van der Waals surface area contributed by atoms with E-state index in [2.05, 4.69) is 15.3 Å². The first-order chi connectivity index (χ1) is 15.9. The zero-order chi connectivity index (χ0) is 23.5. The molecular formula is C24H21N3O4S2. The van der Waals surface area contributed by atoms with E-state index in [-0.39, 0.29) is 11.5 Å². The van der Waals surface area contributed by atoms with Gasteiger partial charge in [0.2, 0.25) is 5.91 Å². The number of carbonyl (C=O) groups is 2. The number of aromatic nitrogens is 2. The molecule has 0 bridgehead atoms. The van der Waals surface area contributed by atoms with E-state index in [4.69, 9.17) is 4.74 Å². The maximum atomic E-state index is 12.9. The van der Waals surface area contributed by atoms with Crippen molar-refractivity contribution in [2.24, 2.45) is 0 Å². The van der Waals surface area contributed by atoms with Gasteiger partial charge in [-0.1, -0.05) is 48.2 Å². The fourth-order valence-electron chi connectivity index (χ4n) is 3.41. The van der Waals surface area contributed by atoms with Crippen LogP contribution in [0.4, 0.5) is 5.69 Å². The average Bonchev–Trinajstić information content (AvgIpc) is 3.15. The molecule has 2 aromatic heterocycles. The summed E-state index contributed by atoms with van der Waals surface area (Å²) in [5, 5.41) is 3.18. The number of hydrogen-bond donors (Lipinski definition) is 2. The topological polar surface area (TPSA) is 101 Å². The minimum Gasteiger partial charge on any atom is -0.465 e. The Bertz CT molecular complexity index is 1400. The lowest BCUT2D eigenvalue weighted by molar-refractivity contribution is -0.115. The molecule has 2 heterocycles. The van der Waals surface area contributed by atoms with Gasteiger partial charge in [-0.25, -0.2) is 9.78 Å². The highest BCUT2D eigenvalue weighted by molar-refractivity contribution is 8.00. The second-order valence-electron chi connectivity index (χ2n) is 7.27. The van der Waals surface area contributed by atoms with Crippen LogP contribution in [0.2, 0.25) is 0 Å². The van der Waals surface area contributed by atoms with Gasteiger partial charge in [-0.3, -0.25) is 9.59 Å². The summed E-state index contributed by atoms with van der Waals surface area (Å²) in [5.74, 6) is -0.762. The van der Waals surface area contributed by atoms with Gasteiger partial charge in [0.05, 0.1) is 23.3 Å². The predicted molar refractivity (Wildman–Crippen MR) is 132 cm³/mol. The van der Waals surface area contributed by atoms with Crippen LogP contribution >= 0.6 is 23.1 Å². The Morgan fingerprint density at radius 2 is 1.91 bits per heavy atom. The molecule has 0 saturated heterocycles. The monoisotopic (exact) mass is 479 g/mol. The van der Waals surface area contributed by atoms with Crippen LogP contribution < -0.4 is 10.9 Å². The molecule has 7 nitrogen and oxygen atoms in total. The molecule has 0 aliphatic heterocycles. The molecule has 2 N–H and O–H groups in total. The second kappa shape index (κ2) is 9.60. The molecule has 168 valence electrons. The zero-order valence-electron chi connectivity index (χ0n) is 18.2. The number of ether oxygens (including phenoxy) is 1. The van der Waals surface area contributed by atoms with Crippen molar-refractivity contribution in [1.29, 1.82) is 0 Å². The van der Waals surface area contributed by atoms with Crippen LogP contribution in [0.3, 0.4) is 0 Å². The molecule has 1 amide bonds. The number of H-pyrrole nitrogens is 1. The van der Waals surface area contributed by atoms with E-state index in [1.807, 2.05) is 37.3 Å². The third-order valence-electron chi connectivity index (χ3n) is 4.99. The largest absolute Gasteiger partial charge is 0.465 e. The zero-order valence-corrected chi connectivity index (χ0v) is 19.8. The number of aromatic amines is 1. The van der Waals surface area contributed by atoms with Gasteiger partial charge in [-0.05, 0) is 37.6 Å². The summed E-state index contributed by atoms with van der Waals surface area (Å²) in [5.41, 5.74) is 2.44. The minimum absolute atomic E-state index is 0.232. The van der Waals surface area contributed by atoms with Crippen LogP contribution in [0.25, 0.3) is 21.3 Å². The number of thioether (sulfide) groups is 1. The first-order valence-electron chi connectivity index (χ1n) is 10.1. The molecule has 0 spiro atoms. The van der Waals surface area contributed by atoms with Gasteiger partial charge in [0.1, 0.15) is 4.83 Å². The van der Waals surface area contributed by atoms with Crippen molar-refractivity contribution in [2.75, 3.05) is 12.4 Å². The average molecular weight is 480 g/mol. The number of esters is 1. The maximum absolute atomic E-state index is 12.9. The lowest BCUT2D eigenvalue weighted by atomic mass is 10.0. The molecule has 1 unspecified atom stereocenters. The number of thiophene rings is 1. The number of nitrogens with one attached hydrogen (secondary N) is 2. The third kappa shape index (κ3) is 4.84. The van der Waals surface area contributed by atoms with Gasteiger partial charge in [0.25, 0.3) is 5.56 Å². The van der Waals surface area contributed by atoms with Gasteiger partial charge in [-0.15, -0.1) is 11.3 Å². The molecule has 0 radical (unpaired) electrons. The lowest BCUT2D eigenvalue weighted by Crippen LogP contribution is -2.23. The molecular weight excluding hydrogens is 458 g/mol. The highest BCUT2D eigenvalue weighted by Gasteiger charge is 2.20. The van der Waals surface area contributed by atoms with Crippen LogP contribution in [0.15, 0.2) is 64.5 Å². The highest BCUT2D eigenvalue weighted by atomic mass is 32.2. The molecule has 33 heavy (non-hydrogen) atoms. The summed E-state index contributed by atoms with van der Waals surface area (Å²) in [7, 11) is 1.30. The normalized spacial score (nSPS) is 11.8. The fourth-order valence-corrected chi connectivity index (χ4v) is 5.31. The van der Waals surface area contributed by atoms with Crippen LogP contribution in [0, 0.1) is 6.92 Å². The van der Waals surface area contributed by atoms with Crippen molar-refractivity contribution >= 4 is 50.9 Å². The Morgan fingerprint density at radius 1 is 1.15 bits per heavy atom. The van der Waals surface area contributed by atoms with Crippen molar-refractivity contribution in [1.82, 2.24) is 9.97 Å². The van der Waals surface area contributed by atoms with Crippen molar-refractivity contribution < 1.29 is 14.3 Å². The number of amides is 1. The van der Waals surface area contributed by atoms with Crippen LogP contribution in [0.5, 0.6) is 0 Å². The minimum atomic E-state index is -0.540. The molecule has 0 aliphatic carbocycles. The van der Waals surface area contributed by atoms with E-state index in [0.29, 0.717) is 26.6 Å². The Balaban J connectivity index is 1.55. The number of fused-ring (bicyclic) bond motifs is 1. The van der Waals surface area contributed by atoms with Crippen molar-refractivity contribution in [2.45, 2.75) is 24.3 Å². The molecule has 9 heteroatoms. The number of rotatable bonds is 6. The maximum Gasteiger partial charge on any atom is 0.337 e. The number of aryl methyl sites for hydroxylation is 1. The summed E-state index contributed by atoms with van der Waals surface area (Å²) in [4.78, 5) is 46.4. The summed E-state index contributed by atoms with van der Waals surface area (Å²) in [6, 6.07) is 16.3. The Labute approximate surface area is 198 Å². The van der Waals surface area contributed by atoms with E-state index in [1.54, 1.807) is 31.2 Å². The van der Waals surface area contributed by atoms with E-state index in [1.165, 1.54) is 18.4 Å². The van der Waals surface area contributed by atoms with Gasteiger partial charge in [0, 0.05) is 16.1 Å². The van der Waals surface area contributed by atoms with Crippen LogP contribution in [-0.2, 0) is 9.53 Å². The van der Waals surface area contributed by atoms with Crippen LogP contribution in [-0.4, -0.2) is 34.2 Å². The summed E-state index contributed by atoms with van der Waals surface area (Å²) in [6.45, 7) is 3.70. The van der Waals surface area contributed by atoms with Crippen molar-refractivity contribution in [3.63, 3.8) is 0 Å². The molecule has 2 aromatic carbocycles. The number of methoxy groups -OCH3 is 1. The predicted octanol–water partition coefficient (Wildman–Crippen LogP) is 4.87. The molecule has 1 atom stereocenters. The van der Waals surface area contributed by atoms with Gasteiger partial charge in [0.15, 0.2) is 5.16 Å². The second-order valence-corrected chi connectivity index (χ2v) is 9.80. The van der Waals surface area contributed by atoms with Crippen molar-refractivity contribution in [3.8, 4) is 11.1 Å². The van der Waals surface area contributed by atoms with Gasteiger partial charge in [-0.2, -0.15) is 0 Å². The Kier molecular flexibility index (Phi) is 6.62. The summed E-state index contributed by atoms with van der Waals surface area (Å²) >= 11 is 2.62. The SMILES string of the molecule is COC(=O)c1cccc(NC(=O)C(C)Sc2nc3sc(C)c(-c4ccccc4)c3c(=O)[nH]2)c1. The first kappa shape index (κ1) is 22.8. The standard InChI is InChI=1S/C24H21N3O4S2/c1-13-18(15-8-5-4-6-9-15)19-21(29)26-24(27-22(19)32-13)33-14(2)20(28)25-17-11-7-10-16(12-17)23(30)31-3/h4-12,14H,1-3H3,(H,25,28)(H,26,27,29). The highest BCUT2D eigenvalue weighted by Crippen LogP contribution is 2.36. The molecule has 0 saturated carbocycles. The van der Waals surface area contributed by atoms with Gasteiger partial charge >= 0.3 is 5.97 Å². The first-order valence-corrected chi connectivity index (χ1v) is 11.8. The Morgan fingerprint density at radius 3 is 2.64 bits per heavy atom. The van der Waals surface area contributed by atoms with E-state index in [9.17, 15) is 14.4 Å². The molecule has 0 fully saturated rings. The van der Waals surface area contributed by atoms with Crippen molar-refractivity contribution in [3.05, 3.63) is 75.4 Å². The van der Waals surface area contributed by atoms with Crippen LogP contribution in [0.1, 0.15) is 22.2 Å². The summed E-state index contributed by atoms with van der Waals surface area (Å²) in [6.07, 6.45) is 0. The fraction of sp³-hybridized carbons (Fsp3) is 0.167. The molecule has 4 rings (SSSR count). The van der Waals surface area contributed by atoms with E-state index in [0.717, 1.165) is 27.8 Å². The number of carbonyl (C=O) groups excluding carboxylic acids is 2. The Hall–Kier alpha value is -3.43. The quantitative estimate of drug-likeness (QED) is 0.233. The number of hydrogen-bond acceptors (Lipinski definition) is 7. The van der Waals surface area contributed by atoms with Gasteiger partial charge < -0.3 is 15.0 Å². The smallest absolute Gasteiger partial charge is 0.337 e. The van der Waals surface area contributed by atoms with E-state index >= 15 is 0 Å². The third-order valence-corrected chi connectivity index (χ3v) is 6.97. The summed E-state index contributed by atoms with van der Waals surface area (Å²) < 4.78 is 4.71.